The molecule has 0 N–H and O–H groups in total. The van der Waals surface area contributed by atoms with Gasteiger partial charge in [-0.1, -0.05) is 30.3 Å². The molecule has 0 fully saturated rings. The molecule has 0 saturated heterocycles. The summed E-state index contributed by atoms with van der Waals surface area (Å²) in [6.45, 7) is 7.03. The summed E-state index contributed by atoms with van der Waals surface area (Å²) in [6.07, 6.45) is 0. The molecule has 2 nitrogen and oxygen atoms in total. The first-order valence-corrected chi connectivity index (χ1v) is 5.56. The van der Waals surface area contributed by atoms with Gasteiger partial charge < -0.3 is 9.47 Å². The van der Waals surface area contributed by atoms with Crippen LogP contribution in [-0.2, 0) is 9.47 Å². The highest BCUT2D eigenvalue weighted by Crippen LogP contribution is 2.12. The van der Waals surface area contributed by atoms with Gasteiger partial charge in [-0.25, -0.2) is 0 Å². The monoisotopic (exact) mass is 218 g/mol. The first-order valence-electron chi connectivity index (χ1n) is 5.56. The molecule has 0 bridgehead atoms. The zero-order valence-electron chi connectivity index (χ0n) is 10.1. The Labute approximate surface area is 97.2 Å². The van der Waals surface area contributed by atoms with Crippen molar-refractivity contribution in [1.82, 2.24) is 0 Å². The predicted octanol–water partition coefficient (Wildman–Crippen LogP) is 3.60. The summed E-state index contributed by atoms with van der Waals surface area (Å²) in [6, 6.07) is 10.1. The number of allylic oxidation sites excluding steroid dienone is 1. The summed E-state index contributed by atoms with van der Waals surface area (Å²) < 4.78 is 10.7. The molecule has 0 heterocycles. The first-order chi connectivity index (χ1) is 7.77. The van der Waals surface area contributed by atoms with Gasteiger partial charge in [0.15, 0.2) is 0 Å². The first kappa shape index (κ1) is 12.4. The summed E-state index contributed by atoms with van der Waals surface area (Å²) in [4.78, 5) is 0. The van der Waals surface area contributed by atoms with E-state index in [4.69, 9.17) is 9.47 Å². The zero-order valence-corrected chi connectivity index (χ0v) is 10.1. The van der Waals surface area contributed by atoms with Crippen LogP contribution in [-0.4, -0.2) is 13.2 Å². The topological polar surface area (TPSA) is 18.5 Å². The molecular weight excluding hydrogens is 200 g/mol. The van der Waals surface area contributed by atoms with Crippen molar-refractivity contribution in [2.24, 2.45) is 0 Å². The van der Waals surface area contributed by atoms with Crippen LogP contribution in [0.4, 0.5) is 0 Å². The minimum absolute atomic E-state index is 0.464. The van der Waals surface area contributed by atoms with Gasteiger partial charge in [0.05, 0.1) is 13.2 Å². The minimum Gasteiger partial charge on any atom is -0.460 e. The summed E-state index contributed by atoms with van der Waals surface area (Å²) >= 11 is 0. The second-order valence-electron chi connectivity index (χ2n) is 3.27. The third-order valence-electron chi connectivity index (χ3n) is 2.05. The maximum absolute atomic E-state index is 5.34. The van der Waals surface area contributed by atoms with E-state index in [1.54, 1.807) is 0 Å². The zero-order chi connectivity index (χ0) is 11.8. The summed E-state index contributed by atoms with van der Waals surface area (Å²) in [7, 11) is 0. The molecule has 0 aliphatic carbocycles. The SMILES string of the molecule is CCOC(=C=C(C)c1ccccc1)OCC. The van der Waals surface area contributed by atoms with Crippen LogP contribution in [0, 0.1) is 0 Å². The van der Waals surface area contributed by atoms with Gasteiger partial charge in [-0.2, -0.15) is 0 Å². The lowest BCUT2D eigenvalue weighted by Gasteiger charge is -2.06. The number of benzene rings is 1. The lowest BCUT2D eigenvalue weighted by Crippen LogP contribution is -1.96. The lowest BCUT2D eigenvalue weighted by molar-refractivity contribution is 0.0478. The van der Waals surface area contributed by atoms with Crippen molar-refractivity contribution in [3.05, 3.63) is 47.6 Å². The third kappa shape index (κ3) is 3.84. The van der Waals surface area contributed by atoms with Gasteiger partial charge in [0.25, 0.3) is 0 Å². The fourth-order valence-electron chi connectivity index (χ4n) is 1.29. The number of hydrogen-bond donors (Lipinski definition) is 0. The molecule has 0 saturated carbocycles. The van der Waals surface area contributed by atoms with Crippen molar-refractivity contribution in [3.8, 4) is 0 Å². The van der Waals surface area contributed by atoms with Gasteiger partial charge in [-0.3, -0.25) is 0 Å². The van der Waals surface area contributed by atoms with E-state index in [2.05, 4.69) is 5.73 Å². The molecule has 0 aromatic heterocycles. The van der Waals surface area contributed by atoms with Crippen LogP contribution in [0.5, 0.6) is 0 Å². The molecule has 0 aliphatic rings. The van der Waals surface area contributed by atoms with E-state index in [0.29, 0.717) is 19.2 Å². The highest BCUT2D eigenvalue weighted by Gasteiger charge is 1.97. The highest BCUT2D eigenvalue weighted by molar-refractivity contribution is 5.62. The van der Waals surface area contributed by atoms with Crippen molar-refractivity contribution in [2.75, 3.05) is 13.2 Å². The Morgan fingerprint density at radius 3 is 2.12 bits per heavy atom. The van der Waals surface area contributed by atoms with Gasteiger partial charge in [0, 0.05) is 5.57 Å². The minimum atomic E-state index is 0.464. The van der Waals surface area contributed by atoms with E-state index in [9.17, 15) is 0 Å². The largest absolute Gasteiger partial charge is 0.460 e. The highest BCUT2D eigenvalue weighted by atomic mass is 16.7. The second kappa shape index (κ2) is 6.76. The lowest BCUT2D eigenvalue weighted by atomic mass is 10.1. The standard InChI is InChI=1S/C14H18O2/c1-4-15-14(16-5-2)11-12(3)13-9-7-6-8-10-13/h6-10H,4-5H2,1-3H3. The van der Waals surface area contributed by atoms with Crippen molar-refractivity contribution in [2.45, 2.75) is 20.8 Å². The van der Waals surface area contributed by atoms with Gasteiger partial charge in [0.1, 0.15) is 0 Å². The van der Waals surface area contributed by atoms with E-state index in [-0.39, 0.29) is 0 Å². The van der Waals surface area contributed by atoms with E-state index in [1.807, 2.05) is 51.1 Å². The van der Waals surface area contributed by atoms with Crippen molar-refractivity contribution in [1.29, 1.82) is 0 Å². The molecule has 1 rings (SSSR count). The Balaban J connectivity index is 2.98. The number of rotatable bonds is 5. The molecule has 16 heavy (non-hydrogen) atoms. The van der Waals surface area contributed by atoms with Crippen molar-refractivity contribution in [3.63, 3.8) is 0 Å². The Bertz CT molecular complexity index is 365. The third-order valence-corrected chi connectivity index (χ3v) is 2.05. The average Bonchev–Trinajstić information content (AvgIpc) is 2.31. The predicted molar refractivity (Wildman–Crippen MR) is 65.8 cm³/mol. The van der Waals surface area contributed by atoms with E-state index in [0.717, 1.165) is 11.1 Å². The van der Waals surface area contributed by atoms with Gasteiger partial charge in [-0.05, 0) is 32.1 Å². The van der Waals surface area contributed by atoms with Gasteiger partial charge in [0.2, 0.25) is 0 Å². The molecule has 0 aliphatic heterocycles. The number of hydrogen-bond acceptors (Lipinski definition) is 2. The Morgan fingerprint density at radius 1 is 1.06 bits per heavy atom. The molecule has 0 unspecified atom stereocenters. The van der Waals surface area contributed by atoms with E-state index < -0.39 is 0 Å². The van der Waals surface area contributed by atoms with Crippen molar-refractivity contribution < 1.29 is 9.47 Å². The average molecular weight is 218 g/mol. The maximum atomic E-state index is 5.34. The van der Waals surface area contributed by atoms with Gasteiger partial charge in [-0.15, -0.1) is 0 Å². The molecule has 0 spiro atoms. The van der Waals surface area contributed by atoms with Crippen LogP contribution < -0.4 is 0 Å². The van der Waals surface area contributed by atoms with Gasteiger partial charge >= 0.3 is 5.95 Å². The van der Waals surface area contributed by atoms with Crippen LogP contribution in [0.25, 0.3) is 5.57 Å². The molecule has 0 amide bonds. The van der Waals surface area contributed by atoms with Crippen LogP contribution in [0.15, 0.2) is 42.0 Å². The molecule has 0 radical (unpaired) electrons. The Hall–Kier alpha value is -1.66. The molecule has 2 heteroatoms. The van der Waals surface area contributed by atoms with Crippen LogP contribution in [0.2, 0.25) is 0 Å². The quantitative estimate of drug-likeness (QED) is 0.555. The normalized spacial score (nSPS) is 9.19. The fourth-order valence-corrected chi connectivity index (χ4v) is 1.29. The van der Waals surface area contributed by atoms with E-state index in [1.165, 1.54) is 0 Å². The Kier molecular flexibility index (Phi) is 5.24. The smallest absolute Gasteiger partial charge is 0.327 e. The van der Waals surface area contributed by atoms with Crippen LogP contribution >= 0.6 is 0 Å². The molecular formula is C14H18O2. The Morgan fingerprint density at radius 2 is 1.62 bits per heavy atom. The summed E-state index contributed by atoms with van der Waals surface area (Å²) in [5, 5.41) is 0. The maximum Gasteiger partial charge on any atom is 0.327 e. The molecule has 1 aromatic rings. The van der Waals surface area contributed by atoms with Crippen LogP contribution in [0.1, 0.15) is 26.3 Å². The second-order valence-corrected chi connectivity index (χ2v) is 3.27. The molecule has 0 atom stereocenters. The van der Waals surface area contributed by atoms with Crippen molar-refractivity contribution >= 4 is 5.57 Å². The summed E-state index contributed by atoms with van der Waals surface area (Å²) in [5.41, 5.74) is 5.26. The van der Waals surface area contributed by atoms with Crippen LogP contribution in [0.3, 0.4) is 0 Å². The molecule has 86 valence electrons. The fraction of sp³-hybridized carbons (Fsp3) is 0.357. The molecule has 1 aromatic carbocycles. The number of ether oxygens (including phenoxy) is 2. The van der Waals surface area contributed by atoms with E-state index >= 15 is 0 Å². The summed E-state index contributed by atoms with van der Waals surface area (Å²) in [5.74, 6) is 0.464.